The Bertz CT molecular complexity index is 115. The lowest BCUT2D eigenvalue weighted by molar-refractivity contribution is -0.116. The van der Waals surface area contributed by atoms with Gasteiger partial charge in [0.05, 0.1) is 0 Å². The molecule has 0 atom stereocenters. The minimum atomic E-state index is 0.249. The van der Waals surface area contributed by atoms with Crippen molar-refractivity contribution in [2.24, 2.45) is 0 Å². The Labute approximate surface area is 74.5 Å². The second-order valence-electron chi connectivity index (χ2n) is 2.90. The number of carbonyl (C=O) groups excluding carboxylic acids is 1. The van der Waals surface area contributed by atoms with Gasteiger partial charge in [0.2, 0.25) is 0 Å². The molecule has 0 unspecified atom stereocenters. The van der Waals surface area contributed by atoms with Gasteiger partial charge in [-0.15, -0.1) is 0 Å². The summed E-state index contributed by atoms with van der Waals surface area (Å²) in [6, 6.07) is 0. The molecule has 0 aliphatic carbocycles. The van der Waals surface area contributed by atoms with Crippen LogP contribution in [0.4, 0.5) is 0 Å². The normalized spacial score (nSPS) is 10.2. The molecule has 0 aliphatic rings. The molecule has 0 radical (unpaired) electrons. The molecule has 3 heteroatoms. The monoisotopic (exact) mass is 173 g/mol. The molecule has 0 saturated carbocycles. The standard InChI is InChI=1S/C9H19NO2/c1-9(11)5-7-10-6-3-4-8-12-2/h10H,3-8H2,1-2H3. The fourth-order valence-electron chi connectivity index (χ4n) is 0.886. The Morgan fingerprint density at radius 3 is 2.67 bits per heavy atom. The molecular formula is C9H19NO2. The third-order valence-electron chi connectivity index (χ3n) is 1.61. The van der Waals surface area contributed by atoms with Gasteiger partial charge < -0.3 is 10.1 Å². The molecule has 0 heterocycles. The molecule has 0 aromatic carbocycles. The molecule has 0 spiro atoms. The zero-order chi connectivity index (χ0) is 9.23. The summed E-state index contributed by atoms with van der Waals surface area (Å²) in [7, 11) is 1.71. The molecule has 3 nitrogen and oxygen atoms in total. The molecule has 0 saturated heterocycles. The SMILES string of the molecule is COCCCCNCCC(C)=O. The fraction of sp³-hybridized carbons (Fsp3) is 0.889. The highest BCUT2D eigenvalue weighted by atomic mass is 16.5. The number of nitrogens with one attached hydrogen (secondary N) is 1. The van der Waals surface area contributed by atoms with Crippen molar-refractivity contribution in [2.75, 3.05) is 26.8 Å². The van der Waals surface area contributed by atoms with E-state index >= 15 is 0 Å². The summed E-state index contributed by atoms with van der Waals surface area (Å²) >= 11 is 0. The van der Waals surface area contributed by atoms with Crippen molar-refractivity contribution in [1.29, 1.82) is 0 Å². The van der Waals surface area contributed by atoms with Crippen LogP contribution in [-0.4, -0.2) is 32.6 Å². The van der Waals surface area contributed by atoms with Gasteiger partial charge in [-0.25, -0.2) is 0 Å². The molecule has 0 aromatic heterocycles. The van der Waals surface area contributed by atoms with E-state index < -0.39 is 0 Å². The smallest absolute Gasteiger partial charge is 0.131 e. The summed E-state index contributed by atoms with van der Waals surface area (Å²) in [5.74, 6) is 0.249. The number of unbranched alkanes of at least 4 members (excludes halogenated alkanes) is 1. The van der Waals surface area contributed by atoms with Gasteiger partial charge in [-0.2, -0.15) is 0 Å². The Balaban J connectivity index is 2.86. The average Bonchev–Trinajstić information content (AvgIpc) is 2.02. The largest absolute Gasteiger partial charge is 0.385 e. The van der Waals surface area contributed by atoms with Crippen LogP contribution >= 0.6 is 0 Å². The molecule has 12 heavy (non-hydrogen) atoms. The Hall–Kier alpha value is -0.410. The van der Waals surface area contributed by atoms with Gasteiger partial charge in [-0.05, 0) is 26.3 Å². The minimum absolute atomic E-state index is 0.249. The van der Waals surface area contributed by atoms with E-state index in [1.807, 2.05) is 0 Å². The van der Waals surface area contributed by atoms with Crippen LogP contribution in [0.15, 0.2) is 0 Å². The van der Waals surface area contributed by atoms with Crippen LogP contribution in [-0.2, 0) is 9.53 Å². The number of carbonyl (C=O) groups is 1. The van der Waals surface area contributed by atoms with Crippen LogP contribution in [0, 0.1) is 0 Å². The highest BCUT2D eigenvalue weighted by Crippen LogP contribution is 1.87. The average molecular weight is 173 g/mol. The van der Waals surface area contributed by atoms with Crippen LogP contribution in [0.2, 0.25) is 0 Å². The summed E-state index contributed by atoms with van der Waals surface area (Å²) in [5.41, 5.74) is 0. The van der Waals surface area contributed by atoms with Crippen molar-refractivity contribution in [3.63, 3.8) is 0 Å². The maximum atomic E-state index is 10.5. The van der Waals surface area contributed by atoms with Crippen LogP contribution in [0.1, 0.15) is 26.2 Å². The van der Waals surface area contributed by atoms with E-state index in [0.29, 0.717) is 6.42 Å². The van der Waals surface area contributed by atoms with E-state index in [4.69, 9.17) is 4.74 Å². The molecule has 72 valence electrons. The van der Waals surface area contributed by atoms with E-state index in [2.05, 4.69) is 5.32 Å². The topological polar surface area (TPSA) is 38.3 Å². The van der Waals surface area contributed by atoms with Gasteiger partial charge in [-0.3, -0.25) is 4.79 Å². The van der Waals surface area contributed by atoms with Crippen molar-refractivity contribution in [2.45, 2.75) is 26.2 Å². The first-order valence-electron chi connectivity index (χ1n) is 4.46. The van der Waals surface area contributed by atoms with Crippen molar-refractivity contribution in [1.82, 2.24) is 5.32 Å². The Morgan fingerprint density at radius 1 is 1.33 bits per heavy atom. The van der Waals surface area contributed by atoms with Gasteiger partial charge in [0, 0.05) is 26.7 Å². The van der Waals surface area contributed by atoms with E-state index in [1.165, 1.54) is 0 Å². The predicted octanol–water partition coefficient (Wildman–Crippen LogP) is 0.982. The number of methoxy groups -OCH3 is 1. The lowest BCUT2D eigenvalue weighted by Gasteiger charge is -2.02. The molecule has 0 aliphatic heterocycles. The maximum absolute atomic E-state index is 10.5. The third kappa shape index (κ3) is 9.59. The number of Topliss-reactive ketones (excluding diaryl/α,β-unsaturated/α-hetero) is 1. The molecule has 0 bridgehead atoms. The van der Waals surface area contributed by atoms with Gasteiger partial charge >= 0.3 is 0 Å². The molecular weight excluding hydrogens is 154 g/mol. The quantitative estimate of drug-likeness (QED) is 0.556. The van der Waals surface area contributed by atoms with E-state index in [-0.39, 0.29) is 5.78 Å². The lowest BCUT2D eigenvalue weighted by atomic mass is 10.3. The number of ketones is 1. The van der Waals surface area contributed by atoms with Crippen LogP contribution in [0.5, 0.6) is 0 Å². The summed E-state index contributed by atoms with van der Waals surface area (Å²) in [5, 5.41) is 3.20. The van der Waals surface area contributed by atoms with E-state index in [0.717, 1.165) is 32.5 Å². The van der Waals surface area contributed by atoms with Gasteiger partial charge in [-0.1, -0.05) is 0 Å². The Morgan fingerprint density at radius 2 is 2.08 bits per heavy atom. The van der Waals surface area contributed by atoms with Crippen LogP contribution in [0.3, 0.4) is 0 Å². The summed E-state index contributed by atoms with van der Waals surface area (Å²) in [6.45, 7) is 4.24. The second-order valence-corrected chi connectivity index (χ2v) is 2.90. The summed E-state index contributed by atoms with van der Waals surface area (Å²) in [4.78, 5) is 10.5. The first-order chi connectivity index (χ1) is 5.77. The number of ether oxygens (including phenoxy) is 1. The highest BCUT2D eigenvalue weighted by molar-refractivity contribution is 5.75. The van der Waals surface area contributed by atoms with Crippen LogP contribution < -0.4 is 5.32 Å². The molecule has 0 rings (SSSR count). The van der Waals surface area contributed by atoms with Crippen molar-refractivity contribution >= 4 is 5.78 Å². The summed E-state index contributed by atoms with van der Waals surface area (Å²) < 4.78 is 4.90. The van der Waals surface area contributed by atoms with Gasteiger partial charge in [0.1, 0.15) is 5.78 Å². The zero-order valence-corrected chi connectivity index (χ0v) is 8.06. The molecule has 0 amide bonds. The predicted molar refractivity (Wildman–Crippen MR) is 49.3 cm³/mol. The highest BCUT2D eigenvalue weighted by Gasteiger charge is 1.92. The first kappa shape index (κ1) is 11.6. The van der Waals surface area contributed by atoms with Crippen molar-refractivity contribution < 1.29 is 9.53 Å². The fourth-order valence-corrected chi connectivity index (χ4v) is 0.886. The number of rotatable bonds is 8. The second kappa shape index (κ2) is 8.68. The molecule has 1 N–H and O–H groups in total. The van der Waals surface area contributed by atoms with Gasteiger partial charge in [0.15, 0.2) is 0 Å². The first-order valence-corrected chi connectivity index (χ1v) is 4.46. The third-order valence-corrected chi connectivity index (χ3v) is 1.61. The number of hydrogen-bond acceptors (Lipinski definition) is 3. The van der Waals surface area contributed by atoms with Crippen molar-refractivity contribution in [3.05, 3.63) is 0 Å². The molecule has 0 aromatic rings. The van der Waals surface area contributed by atoms with Gasteiger partial charge in [0.25, 0.3) is 0 Å². The van der Waals surface area contributed by atoms with Crippen LogP contribution in [0.25, 0.3) is 0 Å². The summed E-state index contributed by atoms with van der Waals surface area (Å²) in [6.07, 6.45) is 2.85. The maximum Gasteiger partial charge on any atom is 0.131 e. The number of hydrogen-bond donors (Lipinski definition) is 1. The minimum Gasteiger partial charge on any atom is -0.385 e. The van der Waals surface area contributed by atoms with Crippen molar-refractivity contribution in [3.8, 4) is 0 Å². The van der Waals surface area contributed by atoms with E-state index in [9.17, 15) is 4.79 Å². The Kier molecular flexibility index (Phi) is 8.39. The van der Waals surface area contributed by atoms with E-state index in [1.54, 1.807) is 14.0 Å². The molecule has 0 fully saturated rings. The lowest BCUT2D eigenvalue weighted by Crippen LogP contribution is -2.18. The zero-order valence-electron chi connectivity index (χ0n) is 8.06.